The van der Waals surface area contributed by atoms with E-state index in [1.807, 2.05) is 20.8 Å². The average Bonchev–Trinajstić information content (AvgIpc) is 2.40. The quantitative estimate of drug-likeness (QED) is 0.789. The molecule has 0 spiro atoms. The number of carbonyl (C=O) groups excluding carboxylic acids is 1. The van der Waals surface area contributed by atoms with Gasteiger partial charge in [-0.25, -0.2) is 9.78 Å². The first-order valence-corrected chi connectivity index (χ1v) is 7.07. The van der Waals surface area contributed by atoms with E-state index in [2.05, 4.69) is 15.6 Å². The van der Waals surface area contributed by atoms with E-state index in [4.69, 9.17) is 0 Å². The van der Waals surface area contributed by atoms with Crippen molar-refractivity contribution >= 4 is 17.7 Å². The van der Waals surface area contributed by atoms with E-state index < -0.39 is 5.97 Å². The zero-order chi connectivity index (χ0) is 15.6. The molecule has 6 nitrogen and oxygen atoms in total. The molecule has 2 rings (SSSR count). The van der Waals surface area contributed by atoms with Gasteiger partial charge in [0.25, 0.3) is 0 Å². The number of carbonyl (C=O) groups is 2. The second-order valence-electron chi connectivity index (χ2n) is 6.31. The van der Waals surface area contributed by atoms with Gasteiger partial charge in [0.1, 0.15) is 11.9 Å². The molecule has 3 N–H and O–H groups in total. The third-order valence-electron chi connectivity index (χ3n) is 3.45. The third-order valence-corrected chi connectivity index (χ3v) is 3.45. The van der Waals surface area contributed by atoms with Crippen molar-refractivity contribution in [3.8, 4) is 0 Å². The Labute approximate surface area is 124 Å². The molecule has 1 fully saturated rings. The maximum absolute atomic E-state index is 11.8. The average molecular weight is 291 g/mol. The number of nitrogens with one attached hydrogen (secondary N) is 2. The fraction of sp³-hybridized carbons (Fsp3) is 0.533. The zero-order valence-electron chi connectivity index (χ0n) is 12.6. The molecule has 1 amide bonds. The maximum Gasteiger partial charge on any atom is 0.335 e. The SMILES string of the molecule is CC(C)(C)c1cc(C(=O)O)cc(NC2CCCNC2=O)n1. The lowest BCUT2D eigenvalue weighted by Gasteiger charge is -2.25. The number of amides is 1. The van der Waals surface area contributed by atoms with Crippen LogP contribution in [0.15, 0.2) is 12.1 Å². The lowest BCUT2D eigenvalue weighted by molar-refractivity contribution is -0.123. The van der Waals surface area contributed by atoms with Gasteiger partial charge in [-0.15, -0.1) is 0 Å². The van der Waals surface area contributed by atoms with E-state index in [1.165, 1.54) is 6.07 Å². The first kappa shape index (κ1) is 15.3. The van der Waals surface area contributed by atoms with Crippen LogP contribution in [0, 0.1) is 0 Å². The summed E-state index contributed by atoms with van der Waals surface area (Å²) in [4.78, 5) is 27.5. The fourth-order valence-corrected chi connectivity index (χ4v) is 2.20. The summed E-state index contributed by atoms with van der Waals surface area (Å²) in [6.07, 6.45) is 1.61. The molecule has 0 aliphatic carbocycles. The van der Waals surface area contributed by atoms with E-state index >= 15 is 0 Å². The van der Waals surface area contributed by atoms with Crippen LogP contribution in [-0.2, 0) is 10.2 Å². The summed E-state index contributed by atoms with van der Waals surface area (Å²) in [6.45, 7) is 6.60. The van der Waals surface area contributed by atoms with Crippen LogP contribution in [0.1, 0.15) is 49.7 Å². The van der Waals surface area contributed by atoms with Crippen LogP contribution in [0.2, 0.25) is 0 Å². The van der Waals surface area contributed by atoms with Crippen LogP contribution in [0.3, 0.4) is 0 Å². The third kappa shape index (κ3) is 3.71. The maximum atomic E-state index is 11.8. The number of pyridine rings is 1. The second kappa shape index (κ2) is 5.71. The minimum absolute atomic E-state index is 0.0684. The Morgan fingerprint density at radius 2 is 2.14 bits per heavy atom. The molecule has 1 saturated heterocycles. The first-order valence-electron chi connectivity index (χ1n) is 7.07. The largest absolute Gasteiger partial charge is 0.478 e. The van der Waals surface area contributed by atoms with Gasteiger partial charge in [0.2, 0.25) is 5.91 Å². The number of aromatic carboxylic acids is 1. The van der Waals surface area contributed by atoms with E-state index in [-0.39, 0.29) is 22.9 Å². The second-order valence-corrected chi connectivity index (χ2v) is 6.31. The highest BCUT2D eigenvalue weighted by molar-refractivity contribution is 5.89. The summed E-state index contributed by atoms with van der Waals surface area (Å²) < 4.78 is 0. The summed E-state index contributed by atoms with van der Waals surface area (Å²) in [5.74, 6) is -0.637. The highest BCUT2D eigenvalue weighted by atomic mass is 16.4. The van der Waals surface area contributed by atoms with E-state index in [9.17, 15) is 14.7 Å². The number of nitrogens with zero attached hydrogens (tertiary/aromatic N) is 1. The number of hydrogen-bond acceptors (Lipinski definition) is 4. The molecule has 1 aromatic heterocycles. The van der Waals surface area contributed by atoms with Crippen molar-refractivity contribution in [2.24, 2.45) is 0 Å². The molecule has 114 valence electrons. The lowest BCUT2D eigenvalue weighted by atomic mass is 9.90. The molecule has 0 saturated carbocycles. The minimum atomic E-state index is -1.00. The van der Waals surface area contributed by atoms with Gasteiger partial charge in [0.15, 0.2) is 0 Å². The Hall–Kier alpha value is -2.11. The molecule has 2 heterocycles. The smallest absolute Gasteiger partial charge is 0.335 e. The van der Waals surface area contributed by atoms with Crippen LogP contribution in [0.5, 0.6) is 0 Å². The van der Waals surface area contributed by atoms with Gasteiger partial charge in [-0.2, -0.15) is 0 Å². The molecule has 6 heteroatoms. The number of aromatic nitrogens is 1. The number of carboxylic acid groups (broad SMARTS) is 1. The summed E-state index contributed by atoms with van der Waals surface area (Å²) in [7, 11) is 0. The minimum Gasteiger partial charge on any atom is -0.478 e. The summed E-state index contributed by atoms with van der Waals surface area (Å²) in [5, 5.41) is 15.1. The molecule has 21 heavy (non-hydrogen) atoms. The van der Waals surface area contributed by atoms with Crippen molar-refractivity contribution in [2.45, 2.75) is 45.1 Å². The van der Waals surface area contributed by atoms with Crippen molar-refractivity contribution in [2.75, 3.05) is 11.9 Å². The number of anilines is 1. The van der Waals surface area contributed by atoms with Gasteiger partial charge in [-0.3, -0.25) is 4.79 Å². The van der Waals surface area contributed by atoms with Crippen LogP contribution >= 0.6 is 0 Å². The van der Waals surface area contributed by atoms with E-state index in [0.29, 0.717) is 18.1 Å². The van der Waals surface area contributed by atoms with E-state index in [0.717, 1.165) is 12.8 Å². The van der Waals surface area contributed by atoms with Gasteiger partial charge in [0.05, 0.1) is 5.56 Å². The van der Waals surface area contributed by atoms with Crippen LogP contribution in [-0.4, -0.2) is 34.6 Å². The van der Waals surface area contributed by atoms with Crippen LogP contribution in [0.4, 0.5) is 5.82 Å². The predicted octanol–water partition coefficient (Wildman–Crippen LogP) is 1.77. The summed E-state index contributed by atoms with van der Waals surface area (Å²) >= 11 is 0. The Kier molecular flexibility index (Phi) is 4.16. The van der Waals surface area contributed by atoms with Gasteiger partial charge in [-0.05, 0) is 25.0 Å². The molecule has 0 bridgehead atoms. The molecule has 1 unspecified atom stereocenters. The summed E-state index contributed by atoms with van der Waals surface area (Å²) in [6, 6.07) is 2.69. The molecule has 1 aromatic rings. The monoisotopic (exact) mass is 291 g/mol. The summed E-state index contributed by atoms with van der Waals surface area (Å²) in [5.41, 5.74) is 0.589. The van der Waals surface area contributed by atoms with Crippen molar-refractivity contribution in [3.63, 3.8) is 0 Å². The predicted molar refractivity (Wildman–Crippen MR) is 79.6 cm³/mol. The number of piperidine rings is 1. The molecular weight excluding hydrogens is 270 g/mol. The van der Waals surface area contributed by atoms with Gasteiger partial charge >= 0.3 is 5.97 Å². The van der Waals surface area contributed by atoms with Gasteiger partial charge in [-0.1, -0.05) is 20.8 Å². The highest BCUT2D eigenvalue weighted by Crippen LogP contribution is 2.24. The zero-order valence-corrected chi connectivity index (χ0v) is 12.6. The molecule has 0 radical (unpaired) electrons. The Bertz CT molecular complexity index is 564. The normalized spacial score (nSPS) is 19.0. The first-order chi connectivity index (χ1) is 9.77. The lowest BCUT2D eigenvalue weighted by Crippen LogP contribution is -2.44. The highest BCUT2D eigenvalue weighted by Gasteiger charge is 2.24. The topological polar surface area (TPSA) is 91.3 Å². The fourth-order valence-electron chi connectivity index (χ4n) is 2.20. The standard InChI is InChI=1S/C15H21N3O3/c1-15(2,3)11-7-9(14(20)21)8-12(18-11)17-10-5-4-6-16-13(10)19/h7-8,10H,4-6H2,1-3H3,(H,16,19)(H,17,18)(H,20,21). The molecular formula is C15H21N3O3. The Morgan fingerprint density at radius 1 is 1.43 bits per heavy atom. The van der Waals surface area contributed by atoms with E-state index in [1.54, 1.807) is 6.07 Å². The number of rotatable bonds is 3. The number of carboxylic acids is 1. The van der Waals surface area contributed by atoms with Crippen molar-refractivity contribution in [1.29, 1.82) is 0 Å². The molecule has 1 aliphatic heterocycles. The number of hydrogen-bond donors (Lipinski definition) is 3. The van der Waals surface area contributed by atoms with Crippen molar-refractivity contribution < 1.29 is 14.7 Å². The van der Waals surface area contributed by atoms with Crippen molar-refractivity contribution in [3.05, 3.63) is 23.4 Å². The van der Waals surface area contributed by atoms with Crippen LogP contribution in [0.25, 0.3) is 0 Å². The Morgan fingerprint density at radius 3 is 2.71 bits per heavy atom. The Balaban J connectivity index is 2.31. The molecule has 1 atom stereocenters. The molecule has 0 aromatic carbocycles. The molecule has 1 aliphatic rings. The van der Waals surface area contributed by atoms with Gasteiger partial charge in [0, 0.05) is 17.7 Å². The van der Waals surface area contributed by atoms with Gasteiger partial charge < -0.3 is 15.7 Å². The van der Waals surface area contributed by atoms with Crippen molar-refractivity contribution in [1.82, 2.24) is 10.3 Å². The van der Waals surface area contributed by atoms with Crippen LogP contribution < -0.4 is 10.6 Å².